The van der Waals surface area contributed by atoms with Crippen LogP contribution in [0.1, 0.15) is 49.7 Å². The first-order chi connectivity index (χ1) is 14.8. The average molecular weight is 486 g/mol. The molecule has 170 valence electrons. The first-order valence-electron chi connectivity index (χ1n) is 10.3. The molecule has 1 unspecified atom stereocenters. The Bertz CT molecular complexity index is 1320. The number of rotatable bonds is 4. The number of nitrogens with zero attached hydrogens (tertiary/aromatic N) is 1. The molecule has 2 saturated carbocycles. The smallest absolute Gasteiger partial charge is 0.241 e. The Morgan fingerprint density at radius 2 is 1.75 bits per heavy atom. The van der Waals surface area contributed by atoms with Gasteiger partial charge in [0.25, 0.3) is 15.9 Å². The Labute approximate surface area is 188 Å². The van der Waals surface area contributed by atoms with Crippen LogP contribution in [0.2, 0.25) is 5.02 Å². The van der Waals surface area contributed by atoms with Crippen LogP contribution in [0.4, 0.5) is 17.6 Å². The maximum atomic E-state index is 14.3. The molecule has 2 fully saturated rings. The Balaban J connectivity index is 1.67. The highest BCUT2D eigenvalue weighted by molar-refractivity contribution is 7.90. The molecule has 1 atom stereocenters. The Kier molecular flexibility index (Phi) is 4.58. The minimum Gasteiger partial charge on any atom is -0.241 e. The zero-order valence-electron chi connectivity index (χ0n) is 17.1. The van der Waals surface area contributed by atoms with E-state index in [1.165, 1.54) is 6.20 Å². The number of aromatic nitrogens is 1. The van der Waals surface area contributed by atoms with Crippen molar-refractivity contribution in [2.45, 2.75) is 55.3 Å². The maximum Gasteiger partial charge on any atom is 0.270 e. The van der Waals surface area contributed by atoms with E-state index in [4.69, 9.17) is 11.6 Å². The molecule has 0 aliphatic heterocycles. The molecule has 32 heavy (non-hydrogen) atoms. The van der Waals surface area contributed by atoms with Gasteiger partial charge >= 0.3 is 0 Å². The molecule has 1 spiro atoms. The van der Waals surface area contributed by atoms with Crippen molar-refractivity contribution in [2.24, 2.45) is 5.41 Å². The van der Waals surface area contributed by atoms with E-state index >= 15 is 0 Å². The van der Waals surface area contributed by atoms with Crippen molar-refractivity contribution in [1.82, 2.24) is 3.97 Å². The summed E-state index contributed by atoms with van der Waals surface area (Å²) in [5.41, 5.74) is -0.0507. The van der Waals surface area contributed by atoms with Crippen molar-refractivity contribution < 1.29 is 26.0 Å². The van der Waals surface area contributed by atoms with Gasteiger partial charge in [0, 0.05) is 36.9 Å². The van der Waals surface area contributed by atoms with Crippen molar-refractivity contribution in [3.63, 3.8) is 0 Å². The van der Waals surface area contributed by atoms with Crippen molar-refractivity contribution in [3.05, 3.63) is 64.8 Å². The third-order valence-corrected chi connectivity index (χ3v) is 8.82. The predicted molar refractivity (Wildman–Crippen MR) is 114 cm³/mol. The number of alkyl halides is 4. The summed E-state index contributed by atoms with van der Waals surface area (Å²) >= 11 is 6.43. The summed E-state index contributed by atoms with van der Waals surface area (Å²) < 4.78 is 83.7. The van der Waals surface area contributed by atoms with Gasteiger partial charge in [0.1, 0.15) is 0 Å². The van der Waals surface area contributed by atoms with Gasteiger partial charge in [-0.15, -0.1) is 0 Å². The van der Waals surface area contributed by atoms with Crippen LogP contribution in [-0.4, -0.2) is 18.3 Å². The van der Waals surface area contributed by atoms with Gasteiger partial charge in [-0.2, -0.15) is 0 Å². The van der Waals surface area contributed by atoms with E-state index in [2.05, 4.69) is 0 Å². The van der Waals surface area contributed by atoms with Gasteiger partial charge in [0.15, 0.2) is 0 Å². The number of benzene rings is 2. The summed E-state index contributed by atoms with van der Waals surface area (Å²) in [7, 11) is -4.17. The summed E-state index contributed by atoms with van der Waals surface area (Å²) in [6, 6.07) is 9.18. The lowest BCUT2D eigenvalue weighted by Crippen LogP contribution is -2.13. The summed E-state index contributed by atoms with van der Waals surface area (Å²) in [5.74, 6) is -6.41. The number of hydrogen-bond donors (Lipinski definition) is 0. The minimum absolute atomic E-state index is 0.174. The molecule has 2 aliphatic carbocycles. The molecular weight excluding hydrogens is 466 g/mol. The molecule has 0 bridgehead atoms. The average Bonchev–Trinajstić information content (AvgIpc) is 3.25. The second-order valence-corrected chi connectivity index (χ2v) is 11.3. The van der Waals surface area contributed by atoms with Gasteiger partial charge in [-0.1, -0.05) is 29.8 Å². The van der Waals surface area contributed by atoms with Crippen molar-refractivity contribution in [3.8, 4) is 0 Å². The number of fused-ring (bicyclic) bond motifs is 1. The van der Waals surface area contributed by atoms with Gasteiger partial charge in [-0.25, -0.2) is 30.0 Å². The van der Waals surface area contributed by atoms with Crippen LogP contribution in [0.15, 0.2) is 53.6 Å². The number of halogens is 5. The molecule has 3 nitrogen and oxygen atoms in total. The summed E-state index contributed by atoms with van der Waals surface area (Å²) in [6.07, 6.45) is 2.17. The first kappa shape index (κ1) is 21.8. The SMILES string of the molecule is CC(F)(F)c1ccc(S(=O)(=O)n2cc(C3CC(F)(F)CC34CC4)c3c(Cl)cccc32)cc1. The van der Waals surface area contributed by atoms with E-state index in [-0.39, 0.29) is 28.8 Å². The van der Waals surface area contributed by atoms with Gasteiger partial charge in [-0.05, 0) is 54.0 Å². The normalized spacial score (nSPS) is 22.0. The molecule has 0 radical (unpaired) electrons. The lowest BCUT2D eigenvalue weighted by molar-refractivity contribution is 0.00294. The third-order valence-electron chi connectivity index (χ3n) is 6.81. The van der Waals surface area contributed by atoms with Gasteiger partial charge in [-0.3, -0.25) is 0 Å². The summed E-state index contributed by atoms with van der Waals surface area (Å²) in [5, 5.41) is 0.738. The molecule has 3 aromatic rings. The van der Waals surface area contributed by atoms with Crippen LogP contribution < -0.4 is 0 Å². The van der Waals surface area contributed by atoms with Gasteiger partial charge in [0.2, 0.25) is 5.92 Å². The fourth-order valence-corrected chi connectivity index (χ4v) is 6.74. The van der Waals surface area contributed by atoms with E-state index < -0.39 is 33.2 Å². The maximum absolute atomic E-state index is 14.3. The largest absolute Gasteiger partial charge is 0.270 e. The van der Waals surface area contributed by atoms with Crippen LogP contribution >= 0.6 is 11.6 Å². The van der Waals surface area contributed by atoms with E-state index in [0.29, 0.717) is 28.8 Å². The molecule has 1 aromatic heterocycles. The molecule has 9 heteroatoms. The molecule has 5 rings (SSSR count). The number of hydrogen-bond acceptors (Lipinski definition) is 2. The molecule has 0 N–H and O–H groups in total. The van der Waals surface area contributed by atoms with Crippen LogP contribution in [0, 0.1) is 5.41 Å². The standard InChI is InChI=1S/C23H20ClF4NO2S/c1-21(25,26)14-5-7-15(8-6-14)32(30,31)29-12-16(20-18(24)3-2-4-19(20)29)17-11-23(27,28)13-22(17)9-10-22/h2-8,12,17H,9-11,13H2,1H3. The predicted octanol–water partition coefficient (Wildman–Crippen LogP) is 6.94. The summed E-state index contributed by atoms with van der Waals surface area (Å²) in [6.45, 7) is 0.731. The zero-order chi connectivity index (χ0) is 23.1. The highest BCUT2D eigenvalue weighted by Gasteiger charge is 2.62. The van der Waals surface area contributed by atoms with E-state index in [1.807, 2.05) is 0 Å². The summed E-state index contributed by atoms with van der Waals surface area (Å²) in [4.78, 5) is -0.174. The van der Waals surface area contributed by atoms with Gasteiger partial charge < -0.3 is 0 Å². The molecular formula is C23H20ClF4NO2S. The van der Waals surface area contributed by atoms with Crippen LogP contribution in [0.3, 0.4) is 0 Å². The molecule has 2 aliphatic rings. The minimum atomic E-state index is -4.17. The first-order valence-corrected chi connectivity index (χ1v) is 12.1. The van der Waals surface area contributed by atoms with Gasteiger partial charge in [0.05, 0.1) is 15.4 Å². The van der Waals surface area contributed by atoms with Crippen molar-refractivity contribution in [1.29, 1.82) is 0 Å². The zero-order valence-corrected chi connectivity index (χ0v) is 18.7. The van der Waals surface area contributed by atoms with E-state index in [0.717, 1.165) is 35.2 Å². The second-order valence-electron chi connectivity index (χ2n) is 9.08. The monoisotopic (exact) mass is 485 g/mol. The van der Waals surface area contributed by atoms with Crippen molar-refractivity contribution >= 4 is 32.5 Å². The van der Waals surface area contributed by atoms with E-state index in [9.17, 15) is 26.0 Å². The van der Waals surface area contributed by atoms with Crippen LogP contribution in [0.5, 0.6) is 0 Å². The molecule has 0 amide bonds. The highest BCUT2D eigenvalue weighted by atomic mass is 35.5. The molecule has 2 aromatic carbocycles. The fraction of sp³-hybridized carbons (Fsp3) is 0.391. The fourth-order valence-electron chi connectivity index (χ4n) is 5.09. The highest BCUT2D eigenvalue weighted by Crippen LogP contribution is 2.69. The Morgan fingerprint density at radius 1 is 1.09 bits per heavy atom. The lowest BCUT2D eigenvalue weighted by atomic mass is 9.86. The van der Waals surface area contributed by atoms with Crippen LogP contribution in [0.25, 0.3) is 10.9 Å². The third kappa shape index (κ3) is 3.34. The Morgan fingerprint density at radius 3 is 2.34 bits per heavy atom. The van der Waals surface area contributed by atoms with E-state index in [1.54, 1.807) is 18.2 Å². The quantitative estimate of drug-likeness (QED) is 0.375. The topological polar surface area (TPSA) is 39.1 Å². The van der Waals surface area contributed by atoms with Crippen LogP contribution in [-0.2, 0) is 15.9 Å². The molecule has 0 saturated heterocycles. The van der Waals surface area contributed by atoms with Crippen molar-refractivity contribution in [2.75, 3.05) is 0 Å². The molecule has 1 heterocycles. The Hall–Kier alpha value is -2.06. The second kappa shape index (κ2) is 6.73. The lowest BCUT2D eigenvalue weighted by Gasteiger charge is -2.17.